The monoisotopic (exact) mass is 574 g/mol. The molecule has 2 nitrogen and oxygen atoms in total. The van der Waals surface area contributed by atoms with Crippen LogP contribution in [0.25, 0.3) is 0 Å². The molecule has 0 aliphatic carbocycles. The van der Waals surface area contributed by atoms with Crippen LogP contribution in [0, 0.1) is 0 Å². The smallest absolute Gasteiger partial charge is 0.247 e. The Bertz CT molecular complexity index is 617. The van der Waals surface area contributed by atoms with Crippen molar-refractivity contribution in [3.8, 4) is 0 Å². The number of rotatable bonds is 32. The van der Waals surface area contributed by atoms with Gasteiger partial charge in [-0.15, -0.1) is 0 Å². The highest BCUT2D eigenvalue weighted by molar-refractivity contribution is 4.90. The number of hydrogen-bond acceptors (Lipinski definition) is 0. The average molecular weight is 574 g/mol. The van der Waals surface area contributed by atoms with Gasteiger partial charge in [-0.05, 0) is 32.6 Å². The van der Waals surface area contributed by atoms with Crippen molar-refractivity contribution in [2.75, 3.05) is 0 Å². The first-order valence-electron chi connectivity index (χ1n) is 19.3. The van der Waals surface area contributed by atoms with E-state index >= 15 is 0 Å². The van der Waals surface area contributed by atoms with Gasteiger partial charge in [0.05, 0.1) is 12.0 Å². The molecule has 41 heavy (non-hydrogen) atoms. The highest BCUT2D eigenvalue weighted by Crippen LogP contribution is 2.27. The van der Waals surface area contributed by atoms with Crippen molar-refractivity contribution < 1.29 is 4.57 Å². The fraction of sp³-hybridized carbons (Fsp3) is 0.923. The lowest BCUT2D eigenvalue weighted by atomic mass is 9.92. The Kier molecular flexibility index (Phi) is 27.3. The predicted molar refractivity (Wildman–Crippen MR) is 184 cm³/mol. The van der Waals surface area contributed by atoms with Gasteiger partial charge in [0.2, 0.25) is 0 Å². The zero-order valence-corrected chi connectivity index (χ0v) is 29.0. The van der Waals surface area contributed by atoms with Gasteiger partial charge in [0.15, 0.2) is 0 Å². The molecule has 0 aliphatic rings. The summed E-state index contributed by atoms with van der Waals surface area (Å²) < 4.78 is 2.63. The summed E-state index contributed by atoms with van der Waals surface area (Å²) in [6.45, 7) is 9.42. The number of aromatic nitrogens is 2. The summed E-state index contributed by atoms with van der Waals surface area (Å²) >= 11 is 0. The van der Waals surface area contributed by atoms with Crippen molar-refractivity contribution in [3.63, 3.8) is 0 Å². The minimum Gasteiger partial charge on any atom is -0.247 e. The molecule has 0 saturated heterocycles. The van der Waals surface area contributed by atoms with E-state index in [4.69, 9.17) is 0 Å². The number of unbranched alkanes of at least 4 members (excludes halogenated alkanes) is 24. The number of hydrogen-bond donors (Lipinski definition) is 1. The Labute approximate surface area is 259 Å². The third-order valence-corrected chi connectivity index (χ3v) is 9.64. The van der Waals surface area contributed by atoms with Gasteiger partial charge >= 0.3 is 0 Å². The predicted octanol–water partition coefficient (Wildman–Crippen LogP) is 13.7. The fourth-order valence-electron chi connectivity index (χ4n) is 6.78. The molecule has 0 aromatic carbocycles. The van der Waals surface area contributed by atoms with Crippen LogP contribution in [0.15, 0.2) is 12.4 Å². The summed E-state index contributed by atoms with van der Waals surface area (Å²) in [7, 11) is 0. The maximum Gasteiger partial charge on any atom is 0.257 e. The van der Waals surface area contributed by atoms with Crippen LogP contribution in [0.4, 0.5) is 0 Å². The van der Waals surface area contributed by atoms with Crippen molar-refractivity contribution in [2.24, 2.45) is 0 Å². The average Bonchev–Trinajstić information content (AvgIpc) is 3.47. The number of nitrogens with one attached hydrogen (secondary N) is 1. The molecule has 0 bridgehead atoms. The first kappa shape index (κ1) is 38.2. The molecule has 0 fully saturated rings. The summed E-state index contributed by atoms with van der Waals surface area (Å²) in [5.41, 5.74) is 0. The van der Waals surface area contributed by atoms with E-state index < -0.39 is 0 Å². The van der Waals surface area contributed by atoms with Gasteiger partial charge in [0.1, 0.15) is 12.4 Å². The van der Waals surface area contributed by atoms with Gasteiger partial charge in [0, 0.05) is 0 Å². The number of imidazole rings is 1. The van der Waals surface area contributed by atoms with Crippen molar-refractivity contribution in [1.82, 2.24) is 4.98 Å². The van der Waals surface area contributed by atoms with E-state index in [2.05, 4.69) is 49.6 Å². The summed E-state index contributed by atoms with van der Waals surface area (Å²) in [6, 6.07) is 0.620. The summed E-state index contributed by atoms with van der Waals surface area (Å²) in [4.78, 5) is 3.74. The molecule has 242 valence electrons. The molecule has 0 spiro atoms. The Morgan fingerprint density at radius 3 is 1.15 bits per heavy atom. The third-order valence-electron chi connectivity index (χ3n) is 9.64. The molecule has 0 saturated carbocycles. The first-order chi connectivity index (χ1) is 20.2. The fourth-order valence-corrected chi connectivity index (χ4v) is 6.78. The van der Waals surface area contributed by atoms with Crippen LogP contribution in [0.3, 0.4) is 0 Å². The molecule has 0 aliphatic heterocycles. The second kappa shape index (κ2) is 29.3. The normalized spacial score (nSPS) is 12.5. The topological polar surface area (TPSA) is 19.7 Å². The van der Waals surface area contributed by atoms with E-state index in [0.29, 0.717) is 12.0 Å². The van der Waals surface area contributed by atoms with Crippen molar-refractivity contribution >= 4 is 0 Å². The molecule has 2 heteroatoms. The maximum absolute atomic E-state index is 3.74. The minimum atomic E-state index is 0.620. The molecule has 0 radical (unpaired) electrons. The van der Waals surface area contributed by atoms with Gasteiger partial charge in [-0.1, -0.05) is 188 Å². The highest BCUT2D eigenvalue weighted by Gasteiger charge is 2.25. The lowest BCUT2D eigenvalue weighted by Gasteiger charge is -2.17. The van der Waals surface area contributed by atoms with Gasteiger partial charge in [-0.25, -0.2) is 9.55 Å². The van der Waals surface area contributed by atoms with Gasteiger partial charge in [-0.2, -0.15) is 0 Å². The van der Waals surface area contributed by atoms with Crippen LogP contribution in [-0.4, -0.2) is 4.98 Å². The Morgan fingerprint density at radius 2 is 0.780 bits per heavy atom. The quantitative estimate of drug-likeness (QED) is 0.0653. The van der Waals surface area contributed by atoms with Gasteiger partial charge in [-0.3, -0.25) is 0 Å². The molecule has 1 rings (SSSR count). The van der Waals surface area contributed by atoms with Crippen LogP contribution in [0.1, 0.15) is 238 Å². The molecule has 0 amide bonds. The van der Waals surface area contributed by atoms with Crippen LogP contribution in [0.5, 0.6) is 0 Å². The number of aromatic amines is 1. The molecule has 1 heterocycles. The Balaban J connectivity index is 2.36. The molecular weight excluding hydrogens is 496 g/mol. The summed E-state index contributed by atoms with van der Waals surface area (Å²) in [5, 5.41) is 0. The number of nitrogens with zero attached hydrogens (tertiary/aromatic N) is 1. The lowest BCUT2D eigenvalue weighted by molar-refractivity contribution is -0.727. The summed E-state index contributed by atoms with van der Waals surface area (Å²) in [5.74, 6) is 2.24. The van der Waals surface area contributed by atoms with E-state index in [-0.39, 0.29) is 0 Å². The van der Waals surface area contributed by atoms with Gasteiger partial charge in [0.25, 0.3) is 5.82 Å². The highest BCUT2D eigenvalue weighted by atomic mass is 15.1. The van der Waals surface area contributed by atoms with Gasteiger partial charge < -0.3 is 0 Å². The maximum atomic E-state index is 3.74. The first-order valence-corrected chi connectivity index (χ1v) is 19.3. The molecule has 1 unspecified atom stereocenters. The SMILES string of the molecule is CCCCCCCCCCCCCCCC(C)[n+]1cc[nH]c1C(CCCCCCCCC)CCCCCCCCC. The van der Waals surface area contributed by atoms with Crippen LogP contribution in [-0.2, 0) is 0 Å². The van der Waals surface area contributed by atoms with Crippen molar-refractivity contribution in [1.29, 1.82) is 0 Å². The molecule has 1 N–H and O–H groups in total. The second-order valence-corrected chi connectivity index (χ2v) is 13.6. The van der Waals surface area contributed by atoms with E-state index in [9.17, 15) is 0 Å². The minimum absolute atomic E-state index is 0.620. The Morgan fingerprint density at radius 1 is 0.463 bits per heavy atom. The number of H-pyrrole nitrogens is 1. The zero-order chi connectivity index (χ0) is 29.6. The molecule has 1 atom stereocenters. The lowest BCUT2D eigenvalue weighted by Crippen LogP contribution is -2.41. The van der Waals surface area contributed by atoms with Crippen molar-refractivity contribution in [2.45, 2.75) is 232 Å². The second-order valence-electron chi connectivity index (χ2n) is 13.6. The zero-order valence-electron chi connectivity index (χ0n) is 29.0. The van der Waals surface area contributed by atoms with E-state index in [1.165, 1.54) is 198 Å². The van der Waals surface area contributed by atoms with Crippen molar-refractivity contribution in [3.05, 3.63) is 18.2 Å². The van der Waals surface area contributed by atoms with E-state index in [1.807, 2.05) is 0 Å². The van der Waals surface area contributed by atoms with E-state index in [1.54, 1.807) is 0 Å². The van der Waals surface area contributed by atoms with Crippen LogP contribution >= 0.6 is 0 Å². The van der Waals surface area contributed by atoms with Crippen LogP contribution in [0.2, 0.25) is 0 Å². The van der Waals surface area contributed by atoms with E-state index in [0.717, 1.165) is 0 Å². The standard InChI is InChI=1S/C39H76N2/c1-5-8-11-14-17-18-19-20-21-22-25-26-29-32-37(4)41-36-35-40-39(41)38(33-30-27-23-15-12-9-6-2)34-31-28-24-16-13-10-7-3/h35-38H,5-34H2,1-4H3/p+1. The molecule has 1 aromatic heterocycles. The largest absolute Gasteiger partial charge is 0.257 e. The van der Waals surface area contributed by atoms with Crippen LogP contribution < -0.4 is 4.57 Å². The molecular formula is C39H77N2+. The third kappa shape index (κ3) is 21.5. The Hall–Kier alpha value is -0.790. The molecule has 1 aromatic rings. The summed E-state index contributed by atoms with van der Waals surface area (Å²) in [6.07, 6.45) is 47.2.